The Bertz CT molecular complexity index is 458. The summed E-state index contributed by atoms with van der Waals surface area (Å²) in [6.45, 7) is 0. The summed E-state index contributed by atoms with van der Waals surface area (Å²) in [5.74, 6) is 0.206. The molecule has 5 nitrogen and oxygen atoms in total. The number of nitrogens with zero attached hydrogens (tertiary/aromatic N) is 1. The number of phenolic OH excluding ortho intramolecular Hbond substituents is 1. The lowest BCUT2D eigenvalue weighted by Gasteiger charge is -2.19. The minimum absolute atomic E-state index is 0.0696. The van der Waals surface area contributed by atoms with Gasteiger partial charge < -0.3 is 20.1 Å². The molecule has 0 spiro atoms. The van der Waals surface area contributed by atoms with Gasteiger partial charge in [0.2, 0.25) is 0 Å². The Labute approximate surface area is 111 Å². The fourth-order valence-corrected chi connectivity index (χ4v) is 1.84. The van der Waals surface area contributed by atoms with E-state index in [1.165, 1.54) is 19.2 Å². The van der Waals surface area contributed by atoms with E-state index in [4.69, 9.17) is 10.00 Å². The molecule has 2 unspecified atom stereocenters. The predicted molar refractivity (Wildman–Crippen MR) is 68.8 cm³/mol. The number of aromatic hydroxyl groups is 1. The van der Waals surface area contributed by atoms with Crippen molar-refractivity contribution < 1.29 is 20.1 Å². The van der Waals surface area contributed by atoms with Gasteiger partial charge in [-0.05, 0) is 18.2 Å². The molecule has 18 heavy (non-hydrogen) atoms. The number of phenols is 1. The van der Waals surface area contributed by atoms with Crippen LogP contribution in [0, 0.1) is 11.3 Å². The zero-order valence-electron chi connectivity index (χ0n) is 9.87. The maximum absolute atomic E-state index is 9.93. The van der Waals surface area contributed by atoms with E-state index < -0.39 is 12.2 Å². The standard InChI is InChI=1S/C12H15NO4S/c1-17-10-5-7(6-13)4-8(12(10)16)11(15)9(14)2-3-18/h4-5,9,11,14-16,18H,2-3H2,1H3. The summed E-state index contributed by atoms with van der Waals surface area (Å²) in [7, 11) is 1.34. The number of aliphatic hydroxyl groups excluding tert-OH is 2. The van der Waals surface area contributed by atoms with Gasteiger partial charge >= 0.3 is 0 Å². The molecule has 0 saturated carbocycles. The molecule has 0 fully saturated rings. The molecule has 0 aliphatic heterocycles. The average molecular weight is 269 g/mol. The number of thiol groups is 1. The summed E-state index contributed by atoms with van der Waals surface area (Å²) in [4.78, 5) is 0. The second-order valence-corrected chi connectivity index (χ2v) is 4.20. The summed E-state index contributed by atoms with van der Waals surface area (Å²) in [6.07, 6.45) is -2.09. The number of rotatable bonds is 5. The van der Waals surface area contributed by atoms with E-state index in [2.05, 4.69) is 12.6 Å². The highest BCUT2D eigenvalue weighted by Crippen LogP contribution is 2.36. The SMILES string of the molecule is COc1cc(C#N)cc(C(O)C(O)CCS)c1O. The van der Waals surface area contributed by atoms with Gasteiger partial charge in [0, 0.05) is 11.6 Å². The van der Waals surface area contributed by atoms with Crippen LogP contribution in [-0.2, 0) is 0 Å². The van der Waals surface area contributed by atoms with Gasteiger partial charge in [-0.1, -0.05) is 0 Å². The molecule has 0 heterocycles. The van der Waals surface area contributed by atoms with Crippen LogP contribution < -0.4 is 4.74 Å². The molecule has 2 atom stereocenters. The third-order valence-corrected chi connectivity index (χ3v) is 2.82. The highest BCUT2D eigenvalue weighted by Gasteiger charge is 2.23. The van der Waals surface area contributed by atoms with Gasteiger partial charge in [-0.15, -0.1) is 0 Å². The molecule has 0 aliphatic rings. The summed E-state index contributed by atoms with van der Waals surface area (Å²) in [5, 5.41) is 38.3. The molecule has 1 aromatic rings. The molecule has 0 amide bonds. The monoisotopic (exact) mass is 269 g/mol. The Morgan fingerprint density at radius 3 is 2.61 bits per heavy atom. The summed E-state index contributed by atoms with van der Waals surface area (Å²) >= 11 is 3.96. The molecular formula is C12H15NO4S. The number of nitriles is 1. The first kappa shape index (κ1) is 14.6. The first-order chi connectivity index (χ1) is 8.54. The number of aliphatic hydroxyl groups is 2. The van der Waals surface area contributed by atoms with Crippen LogP contribution in [0.4, 0.5) is 0 Å². The van der Waals surface area contributed by atoms with Crippen LogP contribution >= 0.6 is 12.6 Å². The zero-order chi connectivity index (χ0) is 13.7. The van der Waals surface area contributed by atoms with Gasteiger partial charge in [0.1, 0.15) is 6.10 Å². The molecule has 1 aromatic carbocycles. The second kappa shape index (κ2) is 6.50. The van der Waals surface area contributed by atoms with Crippen LogP contribution in [0.1, 0.15) is 23.7 Å². The number of hydrogen-bond acceptors (Lipinski definition) is 6. The Morgan fingerprint density at radius 1 is 1.44 bits per heavy atom. The van der Waals surface area contributed by atoms with Gasteiger partial charge in [-0.3, -0.25) is 0 Å². The van der Waals surface area contributed by atoms with Gasteiger partial charge in [-0.2, -0.15) is 17.9 Å². The molecule has 0 bridgehead atoms. The summed E-state index contributed by atoms with van der Waals surface area (Å²) < 4.78 is 4.91. The third kappa shape index (κ3) is 3.07. The molecule has 0 aliphatic carbocycles. The van der Waals surface area contributed by atoms with Crippen LogP contribution in [0.2, 0.25) is 0 Å². The number of benzene rings is 1. The van der Waals surface area contributed by atoms with Crippen molar-refractivity contribution in [2.24, 2.45) is 0 Å². The van der Waals surface area contributed by atoms with E-state index in [0.29, 0.717) is 5.75 Å². The Balaban J connectivity index is 3.18. The van der Waals surface area contributed by atoms with Gasteiger partial charge in [0.15, 0.2) is 11.5 Å². The number of ether oxygens (including phenoxy) is 1. The van der Waals surface area contributed by atoms with E-state index in [0.717, 1.165) is 0 Å². The van der Waals surface area contributed by atoms with E-state index in [1.807, 2.05) is 6.07 Å². The largest absolute Gasteiger partial charge is 0.504 e. The Kier molecular flexibility index (Phi) is 5.28. The van der Waals surface area contributed by atoms with Crippen molar-refractivity contribution in [3.05, 3.63) is 23.3 Å². The molecule has 6 heteroatoms. The van der Waals surface area contributed by atoms with Gasteiger partial charge in [0.25, 0.3) is 0 Å². The molecule has 1 rings (SSSR count). The normalized spacial score (nSPS) is 13.7. The van der Waals surface area contributed by atoms with Crippen molar-refractivity contribution in [3.63, 3.8) is 0 Å². The van der Waals surface area contributed by atoms with E-state index in [9.17, 15) is 15.3 Å². The molecule has 3 N–H and O–H groups in total. The quantitative estimate of drug-likeness (QED) is 0.598. The molecule has 0 aromatic heterocycles. The fourth-order valence-electron chi connectivity index (χ4n) is 1.57. The van der Waals surface area contributed by atoms with Crippen molar-refractivity contribution in [1.82, 2.24) is 0 Å². The molecule has 0 saturated heterocycles. The lowest BCUT2D eigenvalue weighted by molar-refractivity contribution is 0.0157. The summed E-state index contributed by atoms with van der Waals surface area (Å²) in [5.41, 5.74) is 0.303. The second-order valence-electron chi connectivity index (χ2n) is 3.75. The highest BCUT2D eigenvalue weighted by molar-refractivity contribution is 7.80. The highest BCUT2D eigenvalue weighted by atomic mass is 32.1. The predicted octanol–water partition coefficient (Wildman–Crippen LogP) is 0.987. The maximum Gasteiger partial charge on any atom is 0.163 e. The Morgan fingerprint density at radius 2 is 2.11 bits per heavy atom. The zero-order valence-corrected chi connectivity index (χ0v) is 10.8. The summed E-state index contributed by atoms with van der Waals surface area (Å²) in [6, 6.07) is 4.58. The lowest BCUT2D eigenvalue weighted by Crippen LogP contribution is -2.19. The van der Waals surface area contributed by atoms with Crippen LogP contribution in [0.15, 0.2) is 12.1 Å². The Hall–Kier alpha value is -1.42. The first-order valence-corrected chi connectivity index (χ1v) is 5.96. The van der Waals surface area contributed by atoms with Gasteiger partial charge in [0.05, 0.1) is 24.8 Å². The topological polar surface area (TPSA) is 93.7 Å². The molecule has 98 valence electrons. The molecular weight excluding hydrogens is 254 g/mol. The number of hydrogen-bond donors (Lipinski definition) is 4. The van der Waals surface area contributed by atoms with Crippen LogP contribution in [0.3, 0.4) is 0 Å². The van der Waals surface area contributed by atoms with Crippen molar-refractivity contribution in [2.75, 3.05) is 12.9 Å². The third-order valence-electron chi connectivity index (χ3n) is 2.56. The van der Waals surface area contributed by atoms with E-state index in [1.54, 1.807) is 0 Å². The van der Waals surface area contributed by atoms with Crippen molar-refractivity contribution in [3.8, 4) is 17.6 Å². The van der Waals surface area contributed by atoms with Crippen LogP contribution in [0.5, 0.6) is 11.5 Å². The van der Waals surface area contributed by atoms with Crippen molar-refractivity contribution in [1.29, 1.82) is 5.26 Å². The maximum atomic E-state index is 9.93. The average Bonchev–Trinajstić information content (AvgIpc) is 2.38. The van der Waals surface area contributed by atoms with Crippen LogP contribution in [-0.4, -0.2) is 34.3 Å². The van der Waals surface area contributed by atoms with E-state index in [-0.39, 0.29) is 29.0 Å². The smallest absolute Gasteiger partial charge is 0.163 e. The van der Waals surface area contributed by atoms with Crippen molar-refractivity contribution >= 4 is 12.6 Å². The van der Waals surface area contributed by atoms with Crippen LogP contribution in [0.25, 0.3) is 0 Å². The van der Waals surface area contributed by atoms with Gasteiger partial charge in [-0.25, -0.2) is 0 Å². The minimum Gasteiger partial charge on any atom is -0.504 e. The number of methoxy groups -OCH3 is 1. The lowest BCUT2D eigenvalue weighted by atomic mass is 9.99. The minimum atomic E-state index is -1.29. The van der Waals surface area contributed by atoms with Crippen molar-refractivity contribution in [2.45, 2.75) is 18.6 Å². The fraction of sp³-hybridized carbons (Fsp3) is 0.417. The first-order valence-electron chi connectivity index (χ1n) is 5.33. The van der Waals surface area contributed by atoms with E-state index >= 15 is 0 Å². The molecule has 0 radical (unpaired) electrons.